The van der Waals surface area contributed by atoms with E-state index in [2.05, 4.69) is 15.4 Å². The molecule has 0 aromatic heterocycles. The standard InChI is InChI=1S/C20H22F2N2O4/c1-13(2)18(24-17(25)12-27-15-6-4-3-5-7-15)19(26)23-14-8-10-16(11-9-14)28-20(21)22/h3-11,13,18,20H,12H2,1-2H3,(H,23,26)(H,24,25)/t18-/m0/s1. The summed E-state index contributed by atoms with van der Waals surface area (Å²) < 4.78 is 34.0. The second-order valence-corrected chi connectivity index (χ2v) is 6.28. The number of ether oxygens (including phenoxy) is 2. The van der Waals surface area contributed by atoms with Crippen LogP contribution in [0.15, 0.2) is 54.6 Å². The zero-order valence-electron chi connectivity index (χ0n) is 15.5. The highest BCUT2D eigenvalue weighted by Crippen LogP contribution is 2.18. The largest absolute Gasteiger partial charge is 0.484 e. The third-order valence-electron chi connectivity index (χ3n) is 3.73. The van der Waals surface area contributed by atoms with E-state index in [1.54, 1.807) is 38.1 Å². The van der Waals surface area contributed by atoms with Crippen LogP contribution in [-0.2, 0) is 9.59 Å². The van der Waals surface area contributed by atoms with Crippen molar-refractivity contribution in [3.05, 3.63) is 54.6 Å². The average molecular weight is 392 g/mol. The Balaban J connectivity index is 1.91. The van der Waals surface area contributed by atoms with Gasteiger partial charge in [0.1, 0.15) is 17.5 Å². The molecule has 1 atom stereocenters. The molecular weight excluding hydrogens is 370 g/mol. The molecule has 0 saturated carbocycles. The molecule has 0 saturated heterocycles. The minimum atomic E-state index is -2.92. The zero-order chi connectivity index (χ0) is 20.5. The van der Waals surface area contributed by atoms with Crippen LogP contribution in [0.4, 0.5) is 14.5 Å². The first-order valence-corrected chi connectivity index (χ1v) is 8.68. The first-order valence-electron chi connectivity index (χ1n) is 8.68. The number of anilines is 1. The molecule has 2 N–H and O–H groups in total. The van der Waals surface area contributed by atoms with Crippen molar-refractivity contribution in [2.75, 3.05) is 11.9 Å². The number of para-hydroxylation sites is 1. The molecular formula is C20H22F2N2O4. The van der Waals surface area contributed by atoms with E-state index >= 15 is 0 Å². The summed E-state index contributed by atoms with van der Waals surface area (Å²) in [6.45, 7) is 0.448. The maximum absolute atomic E-state index is 12.5. The molecule has 0 unspecified atom stereocenters. The van der Waals surface area contributed by atoms with Crippen LogP contribution >= 0.6 is 0 Å². The van der Waals surface area contributed by atoms with E-state index in [9.17, 15) is 18.4 Å². The van der Waals surface area contributed by atoms with Gasteiger partial charge in [-0.2, -0.15) is 8.78 Å². The number of carbonyl (C=O) groups excluding carboxylic acids is 2. The Morgan fingerprint density at radius 1 is 0.964 bits per heavy atom. The molecule has 150 valence electrons. The van der Waals surface area contributed by atoms with Gasteiger partial charge in [0.05, 0.1) is 0 Å². The summed E-state index contributed by atoms with van der Waals surface area (Å²) >= 11 is 0. The van der Waals surface area contributed by atoms with Crippen molar-refractivity contribution in [2.45, 2.75) is 26.5 Å². The summed E-state index contributed by atoms with van der Waals surface area (Å²) in [5, 5.41) is 5.29. The second kappa shape index (κ2) is 10.2. The lowest BCUT2D eigenvalue weighted by molar-refractivity contribution is -0.128. The smallest absolute Gasteiger partial charge is 0.387 e. The molecule has 0 spiro atoms. The highest BCUT2D eigenvalue weighted by molar-refractivity contribution is 5.97. The lowest BCUT2D eigenvalue weighted by Crippen LogP contribution is -2.48. The topological polar surface area (TPSA) is 76.7 Å². The number of alkyl halides is 2. The summed E-state index contributed by atoms with van der Waals surface area (Å²) in [6, 6.07) is 13.6. The number of rotatable bonds is 9. The summed E-state index contributed by atoms with van der Waals surface area (Å²) in [4.78, 5) is 24.6. The van der Waals surface area contributed by atoms with E-state index in [-0.39, 0.29) is 18.3 Å². The highest BCUT2D eigenvalue weighted by Gasteiger charge is 2.24. The number of amides is 2. The Morgan fingerprint density at radius 3 is 2.18 bits per heavy atom. The summed E-state index contributed by atoms with van der Waals surface area (Å²) in [5.74, 6) is -0.500. The molecule has 2 amide bonds. The Hall–Kier alpha value is -3.16. The lowest BCUT2D eigenvalue weighted by atomic mass is 10.0. The van der Waals surface area contributed by atoms with Crippen molar-refractivity contribution in [3.63, 3.8) is 0 Å². The van der Waals surface area contributed by atoms with Crippen molar-refractivity contribution in [1.29, 1.82) is 0 Å². The molecule has 0 bridgehead atoms. The van der Waals surface area contributed by atoms with Crippen LogP contribution in [0.25, 0.3) is 0 Å². The maximum atomic E-state index is 12.5. The Morgan fingerprint density at radius 2 is 1.61 bits per heavy atom. The molecule has 28 heavy (non-hydrogen) atoms. The minimum Gasteiger partial charge on any atom is -0.484 e. The van der Waals surface area contributed by atoms with E-state index in [1.807, 2.05) is 6.07 Å². The molecule has 2 aromatic rings. The monoisotopic (exact) mass is 392 g/mol. The van der Waals surface area contributed by atoms with E-state index in [0.717, 1.165) is 0 Å². The molecule has 0 radical (unpaired) electrons. The Bertz CT molecular complexity index is 768. The number of hydrogen-bond acceptors (Lipinski definition) is 4. The Labute approximate surface area is 161 Å². The predicted molar refractivity (Wildman–Crippen MR) is 100 cm³/mol. The van der Waals surface area contributed by atoms with Gasteiger partial charge in [-0.25, -0.2) is 0 Å². The number of benzene rings is 2. The predicted octanol–water partition coefficient (Wildman–Crippen LogP) is 3.45. The van der Waals surface area contributed by atoms with Crippen LogP contribution in [-0.4, -0.2) is 31.1 Å². The molecule has 8 heteroatoms. The van der Waals surface area contributed by atoms with Crippen LogP contribution in [0.1, 0.15) is 13.8 Å². The first-order chi connectivity index (χ1) is 13.3. The third kappa shape index (κ3) is 6.86. The highest BCUT2D eigenvalue weighted by atomic mass is 19.3. The van der Waals surface area contributed by atoms with Crippen LogP contribution < -0.4 is 20.1 Å². The van der Waals surface area contributed by atoms with Gasteiger partial charge in [0, 0.05) is 5.69 Å². The second-order valence-electron chi connectivity index (χ2n) is 6.28. The van der Waals surface area contributed by atoms with Gasteiger partial charge in [0.2, 0.25) is 5.91 Å². The van der Waals surface area contributed by atoms with Gasteiger partial charge in [-0.15, -0.1) is 0 Å². The summed E-state index contributed by atoms with van der Waals surface area (Å²) in [5.41, 5.74) is 0.395. The van der Waals surface area contributed by atoms with Gasteiger partial charge in [-0.1, -0.05) is 32.0 Å². The SMILES string of the molecule is CC(C)[C@H](NC(=O)COc1ccccc1)C(=O)Nc1ccc(OC(F)F)cc1. The van der Waals surface area contributed by atoms with Gasteiger partial charge in [-0.3, -0.25) is 9.59 Å². The van der Waals surface area contributed by atoms with E-state index in [0.29, 0.717) is 11.4 Å². The first kappa shape index (κ1) is 21.1. The van der Waals surface area contributed by atoms with Crippen LogP contribution in [0.5, 0.6) is 11.5 Å². The molecule has 0 aliphatic rings. The number of halogens is 2. The van der Waals surface area contributed by atoms with Crippen LogP contribution in [0.2, 0.25) is 0 Å². The molecule has 0 aliphatic carbocycles. The quantitative estimate of drug-likeness (QED) is 0.685. The lowest BCUT2D eigenvalue weighted by Gasteiger charge is -2.22. The van der Waals surface area contributed by atoms with Crippen LogP contribution in [0, 0.1) is 5.92 Å². The maximum Gasteiger partial charge on any atom is 0.387 e. The van der Waals surface area contributed by atoms with Gasteiger partial charge in [0.15, 0.2) is 6.61 Å². The molecule has 6 nitrogen and oxygen atoms in total. The fourth-order valence-corrected chi connectivity index (χ4v) is 2.36. The molecule has 0 fully saturated rings. The number of carbonyl (C=O) groups is 2. The Kier molecular flexibility index (Phi) is 7.74. The normalized spacial score (nSPS) is 11.8. The molecule has 2 aromatic carbocycles. The van der Waals surface area contributed by atoms with E-state index in [1.165, 1.54) is 24.3 Å². The van der Waals surface area contributed by atoms with Crippen LogP contribution in [0.3, 0.4) is 0 Å². The molecule has 2 rings (SSSR count). The summed E-state index contributed by atoms with van der Waals surface area (Å²) in [6.07, 6.45) is 0. The van der Waals surface area contributed by atoms with Gasteiger partial charge < -0.3 is 20.1 Å². The average Bonchev–Trinajstić information content (AvgIpc) is 2.66. The minimum absolute atomic E-state index is 0.0141. The molecule has 0 aliphatic heterocycles. The van der Waals surface area contributed by atoms with Crippen molar-refractivity contribution >= 4 is 17.5 Å². The fourth-order valence-electron chi connectivity index (χ4n) is 2.36. The number of nitrogens with one attached hydrogen (secondary N) is 2. The van der Waals surface area contributed by atoms with Crippen molar-refractivity contribution < 1.29 is 27.8 Å². The number of hydrogen-bond donors (Lipinski definition) is 2. The van der Waals surface area contributed by atoms with Gasteiger partial charge in [-0.05, 0) is 42.3 Å². The van der Waals surface area contributed by atoms with Gasteiger partial charge in [0.25, 0.3) is 5.91 Å². The van der Waals surface area contributed by atoms with Crippen molar-refractivity contribution in [3.8, 4) is 11.5 Å². The van der Waals surface area contributed by atoms with Gasteiger partial charge >= 0.3 is 6.61 Å². The van der Waals surface area contributed by atoms with E-state index in [4.69, 9.17) is 4.74 Å². The summed E-state index contributed by atoms with van der Waals surface area (Å²) in [7, 11) is 0. The van der Waals surface area contributed by atoms with Crippen molar-refractivity contribution in [2.24, 2.45) is 5.92 Å². The van der Waals surface area contributed by atoms with Crippen molar-refractivity contribution in [1.82, 2.24) is 5.32 Å². The third-order valence-corrected chi connectivity index (χ3v) is 3.73. The zero-order valence-corrected chi connectivity index (χ0v) is 15.5. The van der Waals surface area contributed by atoms with E-state index < -0.39 is 24.5 Å². The fraction of sp³-hybridized carbons (Fsp3) is 0.300. The molecule has 0 heterocycles.